The Balaban J connectivity index is 2.26. The number of aromatic amines is 1. The number of carboxylic acid groups (broad SMARTS) is 1. The highest BCUT2D eigenvalue weighted by Gasteiger charge is 2.30. The zero-order valence-corrected chi connectivity index (χ0v) is 20.3. The molecule has 1 aromatic carbocycles. The molecule has 0 aliphatic rings. The minimum absolute atomic E-state index is 0.0213. The Kier molecular flexibility index (Phi) is 10.9. The van der Waals surface area contributed by atoms with E-state index >= 15 is 0 Å². The van der Waals surface area contributed by atoms with E-state index in [1.807, 2.05) is 0 Å². The number of aliphatic carboxylic acids is 1. The predicted molar refractivity (Wildman–Crippen MR) is 133 cm³/mol. The summed E-state index contributed by atoms with van der Waals surface area (Å²) in [7, 11) is 0. The number of aromatic nitrogens is 2. The van der Waals surface area contributed by atoms with E-state index < -0.39 is 47.9 Å². The number of phenols is 1. The fourth-order valence-corrected chi connectivity index (χ4v) is 3.41. The van der Waals surface area contributed by atoms with Crippen molar-refractivity contribution in [2.45, 2.75) is 37.0 Å². The number of carbonyl (C=O) groups is 4. The number of hydrogen-bond acceptors (Lipinski definition) is 9. The summed E-state index contributed by atoms with van der Waals surface area (Å²) in [6.07, 6.45) is 2.87. The monoisotopic (exact) mass is 524 g/mol. The number of carbonyl (C=O) groups excluding carboxylic acids is 3. The Bertz CT molecular complexity index is 1000. The quantitative estimate of drug-likeness (QED) is 0.143. The molecule has 1 aromatic heterocycles. The normalized spacial score (nSPS) is 14.3. The van der Waals surface area contributed by atoms with Gasteiger partial charge in [0, 0.05) is 36.2 Å². The molecule has 0 aliphatic carbocycles. The zero-order chi connectivity index (χ0) is 26.0. The average Bonchev–Trinajstić information content (AvgIpc) is 3.35. The molecule has 0 saturated heterocycles. The Morgan fingerprint density at radius 2 is 1.49 bits per heavy atom. The lowest BCUT2D eigenvalue weighted by atomic mass is 10.0. The van der Waals surface area contributed by atoms with Crippen molar-refractivity contribution in [3.63, 3.8) is 0 Å². The van der Waals surface area contributed by atoms with Gasteiger partial charge >= 0.3 is 5.97 Å². The summed E-state index contributed by atoms with van der Waals surface area (Å²) in [6, 6.07) is 1.47. The van der Waals surface area contributed by atoms with Crippen molar-refractivity contribution in [2.24, 2.45) is 5.73 Å². The van der Waals surface area contributed by atoms with Crippen LogP contribution in [0, 0.1) is 0 Å². The first-order valence-electron chi connectivity index (χ1n) is 10.5. The zero-order valence-electron chi connectivity index (χ0n) is 18.5. The Hall–Kier alpha value is -3.23. The van der Waals surface area contributed by atoms with Crippen LogP contribution in [-0.4, -0.2) is 79.5 Å². The van der Waals surface area contributed by atoms with Gasteiger partial charge < -0.3 is 36.9 Å². The van der Waals surface area contributed by atoms with Gasteiger partial charge in [-0.05, 0) is 17.7 Å². The first kappa shape index (κ1) is 28.0. The Morgan fingerprint density at radius 1 is 0.914 bits per heavy atom. The topological polar surface area (TPSA) is 200 Å². The highest BCUT2D eigenvalue weighted by atomic mass is 32.1. The number of benzene rings is 1. The summed E-state index contributed by atoms with van der Waals surface area (Å²) in [6.45, 7) is 0. The molecule has 14 heteroatoms. The molecular formula is C21H28N6O6S2. The van der Waals surface area contributed by atoms with Gasteiger partial charge in [-0.3, -0.25) is 14.4 Å². The summed E-state index contributed by atoms with van der Waals surface area (Å²) in [4.78, 5) is 56.5. The maximum Gasteiger partial charge on any atom is 0.327 e. The molecule has 0 saturated carbocycles. The van der Waals surface area contributed by atoms with Crippen LogP contribution in [0.25, 0.3) is 0 Å². The summed E-state index contributed by atoms with van der Waals surface area (Å²) in [5, 5.41) is 26.2. The van der Waals surface area contributed by atoms with Gasteiger partial charge in [-0.25, -0.2) is 9.78 Å². The molecule has 4 unspecified atom stereocenters. The van der Waals surface area contributed by atoms with E-state index in [1.165, 1.54) is 24.7 Å². The van der Waals surface area contributed by atoms with E-state index in [9.17, 15) is 29.4 Å². The number of H-pyrrole nitrogens is 1. The third kappa shape index (κ3) is 8.81. The molecule has 0 radical (unpaired) electrons. The van der Waals surface area contributed by atoms with Gasteiger partial charge in [-0.2, -0.15) is 25.3 Å². The van der Waals surface area contributed by atoms with E-state index in [4.69, 9.17) is 5.73 Å². The number of nitrogens with zero attached hydrogens (tertiary/aromatic N) is 1. The molecule has 1 heterocycles. The molecular weight excluding hydrogens is 496 g/mol. The lowest BCUT2D eigenvalue weighted by Crippen LogP contribution is -2.58. The largest absolute Gasteiger partial charge is 0.508 e. The van der Waals surface area contributed by atoms with Crippen LogP contribution in [0.5, 0.6) is 5.75 Å². The molecule has 12 nitrogen and oxygen atoms in total. The van der Waals surface area contributed by atoms with Crippen LogP contribution in [0.15, 0.2) is 36.8 Å². The first-order chi connectivity index (χ1) is 16.6. The third-order valence-corrected chi connectivity index (χ3v) is 5.71. The van der Waals surface area contributed by atoms with Crippen LogP contribution in [-0.2, 0) is 32.0 Å². The second kappa shape index (κ2) is 13.6. The van der Waals surface area contributed by atoms with E-state index in [2.05, 4.69) is 51.2 Å². The van der Waals surface area contributed by atoms with Crippen molar-refractivity contribution in [1.82, 2.24) is 25.9 Å². The maximum atomic E-state index is 13.2. The molecule has 3 amide bonds. The summed E-state index contributed by atoms with van der Waals surface area (Å²) in [5.74, 6) is -3.43. The number of nitrogens with one attached hydrogen (secondary N) is 4. The molecule has 0 bridgehead atoms. The SMILES string of the molecule is NC(CS)C(=O)NC(Cc1ccc(O)cc1)C(=O)NC(Cc1cnc[nH]1)C(=O)NC(CS)C(=O)O. The van der Waals surface area contributed by atoms with Gasteiger partial charge in [0.05, 0.1) is 12.4 Å². The molecule has 0 aliphatic heterocycles. The molecule has 35 heavy (non-hydrogen) atoms. The van der Waals surface area contributed by atoms with E-state index in [1.54, 1.807) is 12.1 Å². The highest BCUT2D eigenvalue weighted by molar-refractivity contribution is 7.80. The summed E-state index contributed by atoms with van der Waals surface area (Å²) < 4.78 is 0. The summed E-state index contributed by atoms with van der Waals surface area (Å²) in [5.41, 5.74) is 6.86. The van der Waals surface area contributed by atoms with Crippen LogP contribution in [0.4, 0.5) is 0 Å². The van der Waals surface area contributed by atoms with Crippen molar-refractivity contribution in [1.29, 1.82) is 0 Å². The molecule has 8 N–H and O–H groups in total. The number of aromatic hydroxyl groups is 1. The molecule has 0 fully saturated rings. The minimum Gasteiger partial charge on any atom is -0.508 e. The standard InChI is InChI=1S/C21H28N6O6S2/c22-14(8-34)18(29)25-15(5-11-1-3-13(28)4-2-11)19(30)26-16(6-12-7-23-10-24-12)20(31)27-17(9-35)21(32)33/h1-4,7,10,14-17,28,34-35H,5-6,8-9,22H2,(H,23,24)(H,25,29)(H,26,30)(H,27,31)(H,32,33). The molecule has 190 valence electrons. The van der Waals surface area contributed by atoms with E-state index in [-0.39, 0.29) is 30.1 Å². The predicted octanol–water partition coefficient (Wildman–Crippen LogP) is -1.37. The number of hydrogen-bond donors (Lipinski definition) is 9. The van der Waals surface area contributed by atoms with Crippen molar-refractivity contribution >= 4 is 48.9 Å². The highest BCUT2D eigenvalue weighted by Crippen LogP contribution is 2.12. The fraction of sp³-hybridized carbons (Fsp3) is 0.381. The number of imidazole rings is 1. The van der Waals surface area contributed by atoms with Crippen LogP contribution in [0.2, 0.25) is 0 Å². The first-order valence-corrected chi connectivity index (χ1v) is 11.8. The van der Waals surface area contributed by atoms with Gasteiger partial charge in [0.25, 0.3) is 0 Å². The Labute approximate surface area is 212 Å². The van der Waals surface area contributed by atoms with Gasteiger partial charge in [0.2, 0.25) is 17.7 Å². The second-order valence-electron chi connectivity index (χ2n) is 7.64. The molecule has 2 aromatic rings. The smallest absolute Gasteiger partial charge is 0.327 e. The Morgan fingerprint density at radius 3 is 2.00 bits per heavy atom. The molecule has 0 spiro atoms. The van der Waals surface area contributed by atoms with Crippen molar-refractivity contribution in [2.75, 3.05) is 11.5 Å². The minimum atomic E-state index is -1.28. The lowest BCUT2D eigenvalue weighted by Gasteiger charge is -2.25. The number of nitrogens with two attached hydrogens (primary N) is 1. The second-order valence-corrected chi connectivity index (χ2v) is 8.38. The number of phenolic OH excluding ortho intramolecular Hbond substituents is 1. The molecule has 4 atom stereocenters. The maximum absolute atomic E-state index is 13.2. The van der Waals surface area contributed by atoms with Gasteiger partial charge in [-0.1, -0.05) is 12.1 Å². The number of thiol groups is 2. The fourth-order valence-electron chi connectivity index (χ4n) is 2.99. The van der Waals surface area contributed by atoms with Gasteiger partial charge in [0.1, 0.15) is 23.9 Å². The van der Waals surface area contributed by atoms with Crippen LogP contribution >= 0.6 is 25.3 Å². The van der Waals surface area contributed by atoms with Crippen molar-refractivity contribution in [3.05, 3.63) is 48.0 Å². The number of amides is 3. The molecule has 2 rings (SSSR count). The summed E-state index contributed by atoms with van der Waals surface area (Å²) >= 11 is 7.93. The van der Waals surface area contributed by atoms with Gasteiger partial charge in [0.15, 0.2) is 0 Å². The van der Waals surface area contributed by atoms with Crippen molar-refractivity contribution in [3.8, 4) is 5.75 Å². The lowest BCUT2D eigenvalue weighted by molar-refractivity contribution is -0.141. The number of rotatable bonds is 13. The van der Waals surface area contributed by atoms with Crippen LogP contribution in [0.3, 0.4) is 0 Å². The van der Waals surface area contributed by atoms with Crippen molar-refractivity contribution < 1.29 is 29.4 Å². The van der Waals surface area contributed by atoms with Crippen LogP contribution < -0.4 is 21.7 Å². The van der Waals surface area contributed by atoms with E-state index in [0.29, 0.717) is 11.3 Å². The van der Waals surface area contributed by atoms with Crippen LogP contribution in [0.1, 0.15) is 11.3 Å². The van der Waals surface area contributed by atoms with Gasteiger partial charge in [-0.15, -0.1) is 0 Å². The number of carboxylic acids is 1. The van der Waals surface area contributed by atoms with E-state index in [0.717, 1.165) is 0 Å². The third-order valence-electron chi connectivity index (χ3n) is 4.95. The average molecular weight is 525 g/mol.